The molecule has 7 heteroatoms. The molecule has 0 amide bonds. The van der Waals surface area contributed by atoms with E-state index in [9.17, 15) is 13.9 Å². The molecule has 0 radical (unpaired) electrons. The lowest BCUT2D eigenvalue weighted by Crippen LogP contribution is -2.48. The molecule has 176 valence electrons. The van der Waals surface area contributed by atoms with Crippen molar-refractivity contribution in [3.63, 3.8) is 0 Å². The van der Waals surface area contributed by atoms with Crippen LogP contribution in [0.25, 0.3) is 0 Å². The SMILES string of the molecule is CC(C)[Si](O[C@@H]1CC[C@@H](c2cccc(F)c2F)[C@@](O)(Cl)c2cccnc21)(C(C)C)C(C)C. The first-order valence-corrected chi connectivity index (χ1v) is 13.9. The van der Waals surface area contributed by atoms with Crippen molar-refractivity contribution in [3.05, 3.63) is 65.0 Å². The number of pyridine rings is 1. The highest BCUT2D eigenvalue weighted by atomic mass is 35.5. The molecule has 1 aromatic carbocycles. The van der Waals surface area contributed by atoms with Crippen LogP contribution in [0.2, 0.25) is 16.6 Å². The normalized spacial score (nSPS) is 24.2. The Balaban J connectivity index is 2.13. The minimum absolute atomic E-state index is 0.0676. The van der Waals surface area contributed by atoms with Gasteiger partial charge in [-0.2, -0.15) is 0 Å². The summed E-state index contributed by atoms with van der Waals surface area (Å²) in [4.78, 5) is 4.57. The van der Waals surface area contributed by atoms with Crippen molar-refractivity contribution in [1.29, 1.82) is 0 Å². The van der Waals surface area contributed by atoms with E-state index in [1.54, 1.807) is 18.3 Å². The van der Waals surface area contributed by atoms with Crippen LogP contribution in [0.1, 0.15) is 83.2 Å². The topological polar surface area (TPSA) is 42.4 Å². The highest BCUT2D eigenvalue weighted by molar-refractivity contribution is 6.77. The summed E-state index contributed by atoms with van der Waals surface area (Å²) in [6.07, 6.45) is 2.12. The first kappa shape index (κ1) is 25.3. The van der Waals surface area contributed by atoms with Crippen LogP contribution in [0.4, 0.5) is 8.78 Å². The maximum atomic E-state index is 14.7. The largest absolute Gasteiger partial charge is 0.408 e. The fourth-order valence-electron chi connectivity index (χ4n) is 5.72. The molecule has 0 fully saturated rings. The van der Waals surface area contributed by atoms with Crippen molar-refractivity contribution in [3.8, 4) is 0 Å². The fourth-order valence-corrected chi connectivity index (χ4v) is 11.7. The Hall–Kier alpha value is -1.34. The third-order valence-electron chi connectivity index (χ3n) is 7.11. The second-order valence-electron chi connectivity index (χ2n) is 9.81. The number of halogens is 3. The minimum atomic E-state index is -2.27. The first-order valence-electron chi connectivity index (χ1n) is 11.4. The second-order valence-corrected chi connectivity index (χ2v) is 15.8. The van der Waals surface area contributed by atoms with Crippen molar-refractivity contribution in [2.75, 3.05) is 0 Å². The highest BCUT2D eigenvalue weighted by Crippen LogP contribution is 2.53. The van der Waals surface area contributed by atoms with E-state index in [2.05, 4.69) is 46.5 Å². The Kier molecular flexibility index (Phi) is 7.50. The zero-order chi connectivity index (χ0) is 23.8. The molecule has 0 aliphatic heterocycles. The summed E-state index contributed by atoms with van der Waals surface area (Å²) in [5.74, 6) is -2.77. The minimum Gasteiger partial charge on any atom is -0.408 e. The van der Waals surface area contributed by atoms with E-state index in [1.165, 1.54) is 12.1 Å². The van der Waals surface area contributed by atoms with Crippen LogP contribution >= 0.6 is 11.6 Å². The zero-order valence-corrected chi connectivity index (χ0v) is 21.5. The molecule has 0 spiro atoms. The van der Waals surface area contributed by atoms with Gasteiger partial charge in [0.25, 0.3) is 0 Å². The molecule has 1 aliphatic carbocycles. The van der Waals surface area contributed by atoms with Gasteiger partial charge >= 0.3 is 0 Å². The molecular weight excluding hydrogens is 448 g/mol. The van der Waals surface area contributed by atoms with Gasteiger partial charge in [0.1, 0.15) is 0 Å². The fraction of sp³-hybridized carbons (Fsp3) is 0.560. The predicted molar refractivity (Wildman–Crippen MR) is 127 cm³/mol. The number of hydrogen-bond acceptors (Lipinski definition) is 3. The van der Waals surface area contributed by atoms with Crippen LogP contribution in [0.3, 0.4) is 0 Å². The maximum Gasteiger partial charge on any atom is 0.201 e. The monoisotopic (exact) mass is 481 g/mol. The molecule has 1 aliphatic rings. The van der Waals surface area contributed by atoms with Gasteiger partial charge in [-0.05, 0) is 47.2 Å². The molecule has 2 aromatic rings. The Morgan fingerprint density at radius 3 is 2.25 bits per heavy atom. The number of aromatic nitrogens is 1. The van der Waals surface area contributed by atoms with Crippen LogP contribution in [-0.2, 0) is 9.49 Å². The van der Waals surface area contributed by atoms with Crippen LogP contribution in [0.15, 0.2) is 36.5 Å². The van der Waals surface area contributed by atoms with Crippen molar-refractivity contribution in [2.24, 2.45) is 0 Å². The molecule has 0 saturated heterocycles. The molecule has 3 rings (SSSR count). The quantitative estimate of drug-likeness (QED) is 0.263. The molecule has 3 atom stereocenters. The number of hydrogen-bond donors (Lipinski definition) is 1. The third kappa shape index (κ3) is 4.27. The van der Waals surface area contributed by atoms with Gasteiger partial charge in [0.15, 0.2) is 16.7 Å². The predicted octanol–water partition coefficient (Wildman–Crippen LogP) is 7.55. The van der Waals surface area contributed by atoms with Crippen molar-refractivity contribution in [1.82, 2.24) is 4.98 Å². The van der Waals surface area contributed by atoms with Gasteiger partial charge in [-0.15, -0.1) is 0 Å². The summed E-state index contributed by atoms with van der Waals surface area (Å²) in [5.41, 5.74) is 2.15. The molecule has 1 N–H and O–H groups in total. The average molecular weight is 482 g/mol. The number of rotatable bonds is 6. The summed E-state index contributed by atoms with van der Waals surface area (Å²) in [7, 11) is -2.27. The smallest absolute Gasteiger partial charge is 0.201 e. The van der Waals surface area contributed by atoms with Crippen LogP contribution < -0.4 is 0 Å². The molecule has 32 heavy (non-hydrogen) atoms. The highest BCUT2D eigenvalue weighted by Gasteiger charge is 2.50. The lowest BCUT2D eigenvalue weighted by Gasteiger charge is -2.44. The van der Waals surface area contributed by atoms with Crippen molar-refractivity contribution in [2.45, 2.75) is 88.1 Å². The number of alkyl halides is 1. The van der Waals surface area contributed by atoms with E-state index in [4.69, 9.17) is 16.0 Å². The lowest BCUT2D eigenvalue weighted by atomic mass is 9.86. The van der Waals surface area contributed by atoms with Gasteiger partial charge in [0, 0.05) is 17.7 Å². The maximum absolute atomic E-state index is 14.7. The van der Waals surface area contributed by atoms with Gasteiger partial charge in [-0.25, -0.2) is 8.78 Å². The summed E-state index contributed by atoms with van der Waals surface area (Å²) >= 11 is 6.74. The Morgan fingerprint density at radius 2 is 1.66 bits per heavy atom. The van der Waals surface area contributed by atoms with Crippen molar-refractivity contribution < 1.29 is 18.3 Å². The first-order chi connectivity index (χ1) is 14.9. The molecular formula is C25H34ClF2NO2Si. The van der Waals surface area contributed by atoms with Crippen LogP contribution in [0, 0.1) is 11.6 Å². The van der Waals surface area contributed by atoms with Gasteiger partial charge in [0.05, 0.1) is 11.8 Å². The summed E-state index contributed by atoms with van der Waals surface area (Å²) in [6.45, 7) is 13.3. The summed E-state index contributed by atoms with van der Waals surface area (Å²) < 4.78 is 35.8. The van der Waals surface area contributed by atoms with Gasteiger partial charge in [-0.1, -0.05) is 71.3 Å². The van der Waals surface area contributed by atoms with E-state index >= 15 is 0 Å². The van der Waals surface area contributed by atoms with Crippen LogP contribution in [-0.4, -0.2) is 18.4 Å². The van der Waals surface area contributed by atoms with E-state index in [1.807, 2.05) is 0 Å². The summed E-state index contributed by atoms with van der Waals surface area (Å²) in [5, 5.41) is 9.53. The third-order valence-corrected chi connectivity index (χ3v) is 13.7. The van der Waals surface area contributed by atoms with Crippen LogP contribution in [0.5, 0.6) is 0 Å². The number of nitrogens with zero attached hydrogens (tertiary/aromatic N) is 1. The molecule has 1 aromatic heterocycles. The second kappa shape index (κ2) is 9.49. The Morgan fingerprint density at radius 1 is 1.03 bits per heavy atom. The Labute approximate surface area is 196 Å². The van der Waals surface area contributed by atoms with E-state index in [0.29, 0.717) is 40.7 Å². The zero-order valence-electron chi connectivity index (χ0n) is 19.7. The number of fused-ring (bicyclic) bond motifs is 1. The standard InChI is InChI=1S/C25H34ClF2NO2Si/c1-15(2)32(16(3)4,17(5)6)31-22-13-12-19(18-9-7-11-21(27)23(18)28)25(26,30)20-10-8-14-29-24(20)22/h7-11,14-17,19,22,30H,12-13H2,1-6H3/t19-,22+,25-/m0/s1. The number of benzene rings is 1. The van der Waals surface area contributed by atoms with E-state index < -0.39 is 30.9 Å². The van der Waals surface area contributed by atoms with Gasteiger partial charge in [0.2, 0.25) is 8.32 Å². The molecule has 0 saturated carbocycles. The average Bonchev–Trinajstić information content (AvgIpc) is 2.82. The van der Waals surface area contributed by atoms with Gasteiger partial charge < -0.3 is 9.53 Å². The van der Waals surface area contributed by atoms with Gasteiger partial charge in [-0.3, -0.25) is 4.98 Å². The summed E-state index contributed by atoms with van der Waals surface area (Å²) in [6, 6.07) is 7.41. The van der Waals surface area contributed by atoms with E-state index in [0.717, 1.165) is 6.07 Å². The lowest BCUT2D eigenvalue weighted by molar-refractivity contribution is 0.0907. The van der Waals surface area contributed by atoms with E-state index in [-0.39, 0.29) is 11.7 Å². The molecule has 0 bridgehead atoms. The molecule has 0 unspecified atom stereocenters. The number of aliphatic hydroxyl groups is 1. The molecule has 3 nitrogen and oxygen atoms in total. The van der Waals surface area contributed by atoms with Crippen molar-refractivity contribution >= 4 is 19.9 Å². The Bertz CT molecular complexity index is 930. The molecule has 1 heterocycles.